The molecule has 0 aromatic heterocycles. The average molecular weight is 358 g/mol. The van der Waals surface area contributed by atoms with Crippen LogP contribution in [0.3, 0.4) is 0 Å². The summed E-state index contributed by atoms with van der Waals surface area (Å²) in [4.78, 5) is 34.9. The fraction of sp³-hybridized carbons (Fsp3) is 0.211. The van der Waals surface area contributed by atoms with Crippen LogP contribution in [-0.4, -0.2) is 24.2 Å². The van der Waals surface area contributed by atoms with Gasteiger partial charge in [0, 0.05) is 12.0 Å². The highest BCUT2D eigenvalue weighted by Crippen LogP contribution is 2.13. The first-order chi connectivity index (χ1) is 12.5. The number of ether oxygens (including phenoxy) is 1. The topological polar surface area (TPSA) is 84.5 Å². The number of nitrogens with one attached hydrogen (secondary N) is 2. The van der Waals surface area contributed by atoms with Crippen LogP contribution in [0.5, 0.6) is 5.75 Å². The molecule has 0 atom stereocenters. The van der Waals surface area contributed by atoms with Gasteiger partial charge < -0.3 is 4.74 Å². The Bertz CT molecular complexity index is 773. The Kier molecular flexibility index (Phi) is 6.84. The number of hydrazine groups is 1. The van der Waals surface area contributed by atoms with Gasteiger partial charge in [-0.2, -0.15) is 0 Å². The van der Waals surface area contributed by atoms with Gasteiger partial charge in [-0.3, -0.25) is 25.2 Å². The van der Waals surface area contributed by atoms with Gasteiger partial charge in [-0.05, 0) is 42.0 Å². The zero-order valence-electron chi connectivity index (χ0n) is 14.3. The first-order valence-corrected chi connectivity index (χ1v) is 8.06. The van der Waals surface area contributed by atoms with Crippen molar-refractivity contribution in [2.45, 2.75) is 19.8 Å². The molecule has 0 aliphatic carbocycles. The predicted molar refractivity (Wildman–Crippen MR) is 92.9 cm³/mol. The molecule has 0 bridgehead atoms. The van der Waals surface area contributed by atoms with Crippen LogP contribution in [0.15, 0.2) is 48.5 Å². The Morgan fingerprint density at radius 1 is 0.923 bits per heavy atom. The standard InChI is InChI=1S/C19H19FN2O4/c1-2-17(23)14-5-9-16(10-6-14)26-12-19(25)22-21-18(24)11-13-3-7-15(20)8-4-13/h3-10H,2,11-12H2,1H3,(H,21,24)(H,22,25). The van der Waals surface area contributed by atoms with Gasteiger partial charge in [0.15, 0.2) is 12.4 Å². The SMILES string of the molecule is CCC(=O)c1ccc(OCC(=O)NNC(=O)Cc2ccc(F)cc2)cc1. The highest BCUT2D eigenvalue weighted by atomic mass is 19.1. The number of hydrogen-bond donors (Lipinski definition) is 2. The molecule has 0 aliphatic heterocycles. The molecular formula is C19H19FN2O4. The smallest absolute Gasteiger partial charge is 0.276 e. The molecule has 2 aromatic rings. The molecule has 136 valence electrons. The fourth-order valence-electron chi connectivity index (χ4n) is 2.10. The summed E-state index contributed by atoms with van der Waals surface area (Å²) < 4.78 is 18.1. The monoisotopic (exact) mass is 358 g/mol. The Balaban J connectivity index is 1.72. The van der Waals surface area contributed by atoms with Crippen LogP contribution in [0.4, 0.5) is 4.39 Å². The van der Waals surface area contributed by atoms with E-state index in [1.54, 1.807) is 31.2 Å². The van der Waals surface area contributed by atoms with Gasteiger partial charge in [-0.15, -0.1) is 0 Å². The molecule has 0 radical (unpaired) electrons. The van der Waals surface area contributed by atoms with E-state index in [1.165, 1.54) is 24.3 Å². The first kappa shape index (κ1) is 19.1. The van der Waals surface area contributed by atoms with Crippen molar-refractivity contribution in [2.75, 3.05) is 6.61 Å². The van der Waals surface area contributed by atoms with Gasteiger partial charge in [0.2, 0.25) is 5.91 Å². The maximum atomic E-state index is 12.8. The minimum atomic E-state index is -0.536. The second kappa shape index (κ2) is 9.31. The van der Waals surface area contributed by atoms with Crippen molar-refractivity contribution in [3.63, 3.8) is 0 Å². The molecule has 0 heterocycles. The minimum absolute atomic E-state index is 0.00827. The number of rotatable bonds is 7. The molecular weight excluding hydrogens is 339 g/mol. The number of benzene rings is 2. The van der Waals surface area contributed by atoms with E-state index >= 15 is 0 Å². The van der Waals surface area contributed by atoms with E-state index < -0.39 is 11.8 Å². The van der Waals surface area contributed by atoms with E-state index in [-0.39, 0.29) is 24.6 Å². The number of amides is 2. The van der Waals surface area contributed by atoms with Crippen LogP contribution < -0.4 is 15.6 Å². The third kappa shape index (κ3) is 6.01. The van der Waals surface area contributed by atoms with Crippen molar-refractivity contribution in [2.24, 2.45) is 0 Å². The molecule has 6 nitrogen and oxygen atoms in total. The fourth-order valence-corrected chi connectivity index (χ4v) is 2.10. The zero-order chi connectivity index (χ0) is 18.9. The highest BCUT2D eigenvalue weighted by molar-refractivity contribution is 5.95. The number of halogens is 1. The normalized spacial score (nSPS) is 10.1. The lowest BCUT2D eigenvalue weighted by molar-refractivity contribution is -0.129. The van der Waals surface area contributed by atoms with Gasteiger partial charge >= 0.3 is 0 Å². The number of ketones is 1. The molecule has 0 unspecified atom stereocenters. The Morgan fingerprint density at radius 2 is 1.54 bits per heavy atom. The van der Waals surface area contributed by atoms with Crippen LogP contribution in [0, 0.1) is 5.82 Å². The molecule has 0 saturated heterocycles. The summed E-state index contributed by atoms with van der Waals surface area (Å²) in [6.45, 7) is 1.49. The summed E-state index contributed by atoms with van der Waals surface area (Å²) in [7, 11) is 0. The molecule has 0 fully saturated rings. The van der Waals surface area contributed by atoms with Crippen LogP contribution in [-0.2, 0) is 16.0 Å². The predicted octanol–water partition coefficient (Wildman–Crippen LogP) is 2.19. The number of hydrogen-bond acceptors (Lipinski definition) is 4. The van der Waals surface area contributed by atoms with Crippen molar-refractivity contribution >= 4 is 17.6 Å². The van der Waals surface area contributed by atoms with Gasteiger partial charge in [0.05, 0.1) is 6.42 Å². The van der Waals surface area contributed by atoms with Crippen molar-refractivity contribution in [3.05, 3.63) is 65.5 Å². The van der Waals surface area contributed by atoms with Gasteiger partial charge in [0.1, 0.15) is 11.6 Å². The van der Waals surface area contributed by atoms with E-state index in [0.29, 0.717) is 23.3 Å². The number of carbonyl (C=O) groups is 3. The maximum Gasteiger partial charge on any atom is 0.276 e. The van der Waals surface area contributed by atoms with E-state index in [2.05, 4.69) is 10.9 Å². The molecule has 0 spiro atoms. The van der Waals surface area contributed by atoms with Crippen LogP contribution >= 0.6 is 0 Å². The molecule has 26 heavy (non-hydrogen) atoms. The quantitative estimate of drug-likeness (QED) is 0.587. The molecule has 2 N–H and O–H groups in total. The third-order valence-corrected chi connectivity index (χ3v) is 3.49. The van der Waals surface area contributed by atoms with E-state index in [9.17, 15) is 18.8 Å². The first-order valence-electron chi connectivity index (χ1n) is 8.06. The van der Waals surface area contributed by atoms with Gasteiger partial charge in [-0.25, -0.2) is 4.39 Å². The molecule has 2 aromatic carbocycles. The Labute approximate surface area is 150 Å². The Morgan fingerprint density at radius 3 is 2.15 bits per heavy atom. The molecule has 7 heteroatoms. The van der Waals surface area contributed by atoms with Gasteiger partial charge in [-0.1, -0.05) is 19.1 Å². The van der Waals surface area contributed by atoms with Crippen molar-refractivity contribution in [3.8, 4) is 5.75 Å². The third-order valence-electron chi connectivity index (χ3n) is 3.49. The summed E-state index contributed by atoms with van der Waals surface area (Å²) in [6, 6.07) is 12.0. The van der Waals surface area contributed by atoms with E-state index in [1.807, 2.05) is 0 Å². The summed E-state index contributed by atoms with van der Waals surface area (Å²) in [5.41, 5.74) is 5.69. The van der Waals surface area contributed by atoms with Crippen LogP contribution in [0.1, 0.15) is 29.3 Å². The van der Waals surface area contributed by atoms with Gasteiger partial charge in [0.25, 0.3) is 5.91 Å². The van der Waals surface area contributed by atoms with E-state index in [4.69, 9.17) is 4.74 Å². The second-order valence-electron chi connectivity index (χ2n) is 5.49. The molecule has 0 saturated carbocycles. The lowest BCUT2D eigenvalue weighted by Crippen LogP contribution is -2.44. The maximum absolute atomic E-state index is 12.8. The highest BCUT2D eigenvalue weighted by Gasteiger charge is 2.08. The minimum Gasteiger partial charge on any atom is -0.484 e. The summed E-state index contributed by atoms with van der Waals surface area (Å²) >= 11 is 0. The summed E-state index contributed by atoms with van der Waals surface area (Å²) in [5, 5.41) is 0. The van der Waals surface area contributed by atoms with Crippen molar-refractivity contribution in [1.29, 1.82) is 0 Å². The van der Waals surface area contributed by atoms with Crippen LogP contribution in [0.2, 0.25) is 0 Å². The largest absolute Gasteiger partial charge is 0.484 e. The summed E-state index contributed by atoms with van der Waals surface area (Å²) in [5.74, 6) is -0.895. The Hall–Kier alpha value is -3.22. The lowest BCUT2D eigenvalue weighted by Gasteiger charge is -2.09. The zero-order valence-corrected chi connectivity index (χ0v) is 14.3. The molecule has 0 aliphatic rings. The second-order valence-corrected chi connectivity index (χ2v) is 5.49. The number of Topliss-reactive ketones (excluding diaryl/α,β-unsaturated/α-hetero) is 1. The van der Waals surface area contributed by atoms with Crippen LogP contribution in [0.25, 0.3) is 0 Å². The van der Waals surface area contributed by atoms with Crippen molar-refractivity contribution in [1.82, 2.24) is 10.9 Å². The summed E-state index contributed by atoms with van der Waals surface area (Å²) in [6.07, 6.45) is 0.425. The molecule has 2 amide bonds. The lowest BCUT2D eigenvalue weighted by atomic mass is 10.1. The number of carbonyl (C=O) groups excluding carboxylic acids is 3. The molecule has 2 rings (SSSR count). The average Bonchev–Trinajstić information content (AvgIpc) is 2.66. The van der Waals surface area contributed by atoms with Crippen molar-refractivity contribution < 1.29 is 23.5 Å². The van der Waals surface area contributed by atoms with E-state index in [0.717, 1.165) is 0 Å².